The van der Waals surface area contributed by atoms with Gasteiger partial charge in [-0.2, -0.15) is 0 Å². The standard InChI is InChI=1S/C12H23NO3S/c1-16-12-4-2-10(3-5-12)13-11-6-8-17(14,15)9-7-11/h10-13H,2-9H2,1H3. The van der Waals surface area contributed by atoms with E-state index in [4.69, 9.17) is 4.74 Å². The molecule has 0 bridgehead atoms. The molecule has 1 heterocycles. The van der Waals surface area contributed by atoms with Gasteiger partial charge in [-0.25, -0.2) is 8.42 Å². The van der Waals surface area contributed by atoms with E-state index in [2.05, 4.69) is 5.32 Å². The summed E-state index contributed by atoms with van der Waals surface area (Å²) in [6.45, 7) is 0. The van der Waals surface area contributed by atoms with Gasteiger partial charge in [0.25, 0.3) is 0 Å². The van der Waals surface area contributed by atoms with Gasteiger partial charge in [0.15, 0.2) is 0 Å². The van der Waals surface area contributed by atoms with Crippen LogP contribution in [0.4, 0.5) is 0 Å². The third kappa shape index (κ3) is 3.93. The average molecular weight is 261 g/mol. The predicted octanol–water partition coefficient (Wildman–Crippen LogP) is 1.11. The van der Waals surface area contributed by atoms with E-state index in [-0.39, 0.29) is 0 Å². The zero-order chi connectivity index (χ0) is 12.3. The van der Waals surface area contributed by atoms with Crippen molar-refractivity contribution in [3.05, 3.63) is 0 Å². The maximum atomic E-state index is 11.3. The molecule has 1 N–H and O–H groups in total. The van der Waals surface area contributed by atoms with Gasteiger partial charge < -0.3 is 10.1 Å². The Morgan fingerprint density at radius 1 is 0.941 bits per heavy atom. The molecule has 0 aromatic carbocycles. The molecule has 1 aliphatic carbocycles. The molecule has 0 aromatic heterocycles. The monoisotopic (exact) mass is 261 g/mol. The van der Waals surface area contributed by atoms with Crippen LogP contribution in [0.1, 0.15) is 38.5 Å². The zero-order valence-corrected chi connectivity index (χ0v) is 11.3. The minimum absolute atomic E-state index is 0.359. The molecule has 17 heavy (non-hydrogen) atoms. The molecule has 1 aliphatic heterocycles. The Kier molecular flexibility index (Phi) is 4.44. The Labute approximate surface area is 104 Å². The molecule has 1 saturated heterocycles. The SMILES string of the molecule is COC1CCC(NC2CCS(=O)(=O)CC2)CC1. The van der Waals surface area contributed by atoms with Crippen LogP contribution < -0.4 is 5.32 Å². The van der Waals surface area contributed by atoms with E-state index in [9.17, 15) is 8.42 Å². The molecule has 2 aliphatic rings. The lowest BCUT2D eigenvalue weighted by Crippen LogP contribution is -2.45. The van der Waals surface area contributed by atoms with Crippen molar-refractivity contribution in [2.75, 3.05) is 18.6 Å². The summed E-state index contributed by atoms with van der Waals surface area (Å²) in [5, 5.41) is 3.62. The molecule has 5 heteroatoms. The van der Waals surface area contributed by atoms with Crippen molar-refractivity contribution in [1.29, 1.82) is 0 Å². The van der Waals surface area contributed by atoms with Gasteiger partial charge in [-0.05, 0) is 38.5 Å². The molecule has 0 spiro atoms. The lowest BCUT2D eigenvalue weighted by molar-refractivity contribution is 0.0609. The second kappa shape index (κ2) is 5.67. The van der Waals surface area contributed by atoms with Crippen LogP contribution in [0.3, 0.4) is 0 Å². The molecule has 2 fully saturated rings. The Morgan fingerprint density at radius 3 is 2.00 bits per heavy atom. The summed E-state index contributed by atoms with van der Waals surface area (Å²) in [5.74, 6) is 0.718. The van der Waals surface area contributed by atoms with Gasteiger partial charge in [-0.3, -0.25) is 0 Å². The highest BCUT2D eigenvalue weighted by Gasteiger charge is 2.27. The first-order valence-corrected chi connectivity index (χ1v) is 8.40. The second-order valence-electron chi connectivity index (χ2n) is 5.30. The van der Waals surface area contributed by atoms with Gasteiger partial charge in [0, 0.05) is 19.2 Å². The zero-order valence-electron chi connectivity index (χ0n) is 10.5. The summed E-state index contributed by atoms with van der Waals surface area (Å²) in [6.07, 6.45) is 6.56. The van der Waals surface area contributed by atoms with Crippen molar-refractivity contribution < 1.29 is 13.2 Å². The largest absolute Gasteiger partial charge is 0.381 e. The van der Waals surface area contributed by atoms with Crippen molar-refractivity contribution >= 4 is 9.84 Å². The van der Waals surface area contributed by atoms with Crippen LogP contribution in [0.2, 0.25) is 0 Å². The fourth-order valence-electron chi connectivity index (χ4n) is 2.86. The minimum atomic E-state index is -2.73. The van der Waals surface area contributed by atoms with E-state index in [0.717, 1.165) is 38.5 Å². The molecular formula is C12H23NO3S. The van der Waals surface area contributed by atoms with Gasteiger partial charge in [0.05, 0.1) is 17.6 Å². The number of ether oxygens (including phenoxy) is 1. The number of nitrogens with one attached hydrogen (secondary N) is 1. The van der Waals surface area contributed by atoms with E-state index < -0.39 is 9.84 Å². The highest BCUT2D eigenvalue weighted by molar-refractivity contribution is 7.91. The molecule has 0 aromatic rings. The first-order chi connectivity index (χ1) is 8.09. The van der Waals surface area contributed by atoms with Gasteiger partial charge >= 0.3 is 0 Å². The van der Waals surface area contributed by atoms with Crippen LogP contribution in [0.15, 0.2) is 0 Å². The fourth-order valence-corrected chi connectivity index (χ4v) is 4.35. The number of hydrogen-bond acceptors (Lipinski definition) is 4. The molecule has 1 saturated carbocycles. The molecule has 100 valence electrons. The van der Waals surface area contributed by atoms with Gasteiger partial charge in [-0.1, -0.05) is 0 Å². The molecule has 0 unspecified atom stereocenters. The van der Waals surface area contributed by atoms with E-state index >= 15 is 0 Å². The molecule has 4 nitrogen and oxygen atoms in total. The van der Waals surface area contributed by atoms with Crippen LogP contribution in [-0.4, -0.2) is 45.2 Å². The summed E-state index contributed by atoms with van der Waals surface area (Å²) < 4.78 is 28.0. The van der Waals surface area contributed by atoms with Crippen LogP contribution in [0.5, 0.6) is 0 Å². The van der Waals surface area contributed by atoms with Crippen LogP contribution in [-0.2, 0) is 14.6 Å². The fraction of sp³-hybridized carbons (Fsp3) is 1.00. The Hall–Kier alpha value is -0.130. The van der Waals surface area contributed by atoms with E-state index in [1.807, 2.05) is 0 Å². The second-order valence-corrected chi connectivity index (χ2v) is 7.61. The van der Waals surface area contributed by atoms with Crippen molar-refractivity contribution in [1.82, 2.24) is 5.32 Å². The van der Waals surface area contributed by atoms with Crippen molar-refractivity contribution in [3.8, 4) is 0 Å². The maximum Gasteiger partial charge on any atom is 0.150 e. The summed E-state index contributed by atoms with van der Waals surface area (Å²) in [7, 11) is -0.947. The van der Waals surface area contributed by atoms with Gasteiger partial charge in [0.1, 0.15) is 9.84 Å². The lowest BCUT2D eigenvalue weighted by atomic mass is 9.92. The first kappa shape index (κ1) is 13.3. The summed E-state index contributed by atoms with van der Waals surface area (Å²) in [6, 6.07) is 0.967. The van der Waals surface area contributed by atoms with E-state index in [1.165, 1.54) is 0 Å². The molecular weight excluding hydrogens is 238 g/mol. The topological polar surface area (TPSA) is 55.4 Å². The van der Waals surface area contributed by atoms with Crippen molar-refractivity contribution in [2.45, 2.75) is 56.7 Å². The predicted molar refractivity (Wildman–Crippen MR) is 67.9 cm³/mol. The third-order valence-corrected chi connectivity index (χ3v) is 5.75. The molecule has 0 radical (unpaired) electrons. The number of sulfone groups is 1. The number of rotatable bonds is 3. The normalized spacial score (nSPS) is 34.6. The lowest BCUT2D eigenvalue weighted by Gasteiger charge is -2.33. The van der Waals surface area contributed by atoms with Gasteiger partial charge in [0.2, 0.25) is 0 Å². The maximum absolute atomic E-state index is 11.3. The molecule has 0 amide bonds. The summed E-state index contributed by atoms with van der Waals surface area (Å²) >= 11 is 0. The van der Waals surface area contributed by atoms with Crippen LogP contribution in [0.25, 0.3) is 0 Å². The summed E-state index contributed by atoms with van der Waals surface area (Å²) in [5.41, 5.74) is 0. The van der Waals surface area contributed by atoms with E-state index in [0.29, 0.717) is 29.7 Å². The highest BCUT2D eigenvalue weighted by Crippen LogP contribution is 2.22. The van der Waals surface area contributed by atoms with Crippen molar-refractivity contribution in [3.63, 3.8) is 0 Å². The quantitative estimate of drug-likeness (QED) is 0.827. The Balaban J connectivity index is 1.72. The molecule has 0 atom stereocenters. The number of methoxy groups -OCH3 is 1. The van der Waals surface area contributed by atoms with Crippen LogP contribution >= 0.6 is 0 Å². The van der Waals surface area contributed by atoms with Crippen LogP contribution in [0, 0.1) is 0 Å². The minimum Gasteiger partial charge on any atom is -0.381 e. The summed E-state index contributed by atoms with van der Waals surface area (Å²) in [4.78, 5) is 0. The Morgan fingerprint density at radius 2 is 1.47 bits per heavy atom. The third-order valence-electron chi connectivity index (χ3n) is 4.03. The first-order valence-electron chi connectivity index (χ1n) is 6.58. The van der Waals surface area contributed by atoms with Crippen molar-refractivity contribution in [2.24, 2.45) is 0 Å². The average Bonchev–Trinajstić information content (AvgIpc) is 2.33. The Bertz CT molecular complexity index is 320. The smallest absolute Gasteiger partial charge is 0.150 e. The van der Waals surface area contributed by atoms with E-state index in [1.54, 1.807) is 7.11 Å². The number of hydrogen-bond donors (Lipinski definition) is 1. The molecule has 2 rings (SSSR count). The highest BCUT2D eigenvalue weighted by atomic mass is 32.2. The van der Waals surface area contributed by atoms with Gasteiger partial charge in [-0.15, -0.1) is 0 Å².